The standard InChI is InChI=1S/C28H38N6O3/c1-17(2)24(33-26(35)18(3)29-4)28(37)34-23(16-21-6-5-13-31-25(21)34)27(36)32-22-9-7-19(8-10-22)20-11-14-30-15-12-20/h5-10,13,17-18,20,23-24,29-30H,11-12,14-16H2,1-4H3,(H,32,36)(H,33,35)/t18-,23-,24-/m0/s1. The molecule has 2 aliphatic heterocycles. The van der Waals surface area contributed by atoms with Crippen molar-refractivity contribution in [3.05, 3.63) is 53.7 Å². The quantitative estimate of drug-likeness (QED) is 0.436. The van der Waals surface area contributed by atoms with E-state index >= 15 is 0 Å². The molecule has 1 aromatic heterocycles. The maximum Gasteiger partial charge on any atom is 0.251 e. The van der Waals surface area contributed by atoms with Gasteiger partial charge in [-0.1, -0.05) is 32.0 Å². The molecule has 9 nitrogen and oxygen atoms in total. The zero-order valence-electron chi connectivity index (χ0n) is 22.1. The number of carbonyl (C=O) groups excluding carboxylic acids is 3. The number of likely N-dealkylation sites (N-methyl/N-ethyl adjacent to an activating group) is 1. The molecule has 4 N–H and O–H groups in total. The first-order valence-electron chi connectivity index (χ1n) is 13.2. The largest absolute Gasteiger partial charge is 0.343 e. The van der Waals surface area contributed by atoms with E-state index in [4.69, 9.17) is 0 Å². The maximum atomic E-state index is 13.8. The van der Waals surface area contributed by atoms with E-state index in [9.17, 15) is 14.4 Å². The smallest absolute Gasteiger partial charge is 0.251 e. The van der Waals surface area contributed by atoms with E-state index in [1.54, 1.807) is 26.2 Å². The van der Waals surface area contributed by atoms with Crippen LogP contribution < -0.4 is 26.2 Å². The zero-order valence-corrected chi connectivity index (χ0v) is 22.1. The highest BCUT2D eigenvalue weighted by Crippen LogP contribution is 2.32. The van der Waals surface area contributed by atoms with E-state index in [1.807, 2.05) is 32.0 Å². The first-order valence-corrected chi connectivity index (χ1v) is 13.2. The molecule has 0 saturated carbocycles. The van der Waals surface area contributed by atoms with Gasteiger partial charge < -0.3 is 21.3 Å². The van der Waals surface area contributed by atoms with Crippen LogP contribution in [0.3, 0.4) is 0 Å². The third kappa shape index (κ3) is 5.99. The van der Waals surface area contributed by atoms with Crippen LogP contribution in [0.15, 0.2) is 42.6 Å². The first-order chi connectivity index (χ1) is 17.8. The summed E-state index contributed by atoms with van der Waals surface area (Å²) in [6.07, 6.45) is 4.19. The van der Waals surface area contributed by atoms with Crippen LogP contribution in [0.4, 0.5) is 11.5 Å². The van der Waals surface area contributed by atoms with Gasteiger partial charge in [-0.25, -0.2) is 4.98 Å². The maximum absolute atomic E-state index is 13.8. The Bertz CT molecular complexity index is 1110. The number of piperidine rings is 1. The minimum absolute atomic E-state index is 0.181. The Labute approximate surface area is 218 Å². The molecule has 2 aromatic rings. The molecule has 198 valence electrons. The number of hydrogen-bond donors (Lipinski definition) is 4. The number of nitrogens with zero attached hydrogens (tertiary/aromatic N) is 2. The molecule has 0 aliphatic carbocycles. The Kier molecular flexibility index (Phi) is 8.56. The van der Waals surface area contributed by atoms with E-state index in [-0.39, 0.29) is 23.6 Å². The first kappa shape index (κ1) is 26.8. The van der Waals surface area contributed by atoms with Crippen LogP contribution >= 0.6 is 0 Å². The van der Waals surface area contributed by atoms with Crippen molar-refractivity contribution < 1.29 is 14.4 Å². The zero-order chi connectivity index (χ0) is 26.5. The predicted molar refractivity (Wildman–Crippen MR) is 144 cm³/mol. The fourth-order valence-corrected chi connectivity index (χ4v) is 5.01. The average Bonchev–Trinajstić information content (AvgIpc) is 3.31. The van der Waals surface area contributed by atoms with Gasteiger partial charge in [0, 0.05) is 18.3 Å². The second kappa shape index (κ2) is 11.8. The van der Waals surface area contributed by atoms with E-state index in [0.29, 0.717) is 23.8 Å². The molecule has 1 saturated heterocycles. The van der Waals surface area contributed by atoms with Gasteiger partial charge in [0.25, 0.3) is 5.91 Å². The lowest BCUT2D eigenvalue weighted by molar-refractivity contribution is -0.130. The third-order valence-corrected chi connectivity index (χ3v) is 7.41. The van der Waals surface area contributed by atoms with Gasteiger partial charge in [0.05, 0.1) is 6.04 Å². The van der Waals surface area contributed by atoms with Crippen molar-refractivity contribution in [1.29, 1.82) is 0 Å². The Balaban J connectivity index is 1.53. The molecule has 1 aromatic carbocycles. The predicted octanol–water partition coefficient (Wildman–Crippen LogP) is 2.19. The van der Waals surface area contributed by atoms with Crippen molar-refractivity contribution in [1.82, 2.24) is 20.9 Å². The van der Waals surface area contributed by atoms with Gasteiger partial charge in [-0.05, 0) is 81.1 Å². The molecule has 0 radical (unpaired) electrons. The molecular weight excluding hydrogens is 468 g/mol. The lowest BCUT2D eigenvalue weighted by Gasteiger charge is -2.31. The normalized spacial score (nSPS) is 19.3. The monoisotopic (exact) mass is 506 g/mol. The third-order valence-electron chi connectivity index (χ3n) is 7.41. The van der Waals surface area contributed by atoms with E-state index < -0.39 is 18.1 Å². The molecule has 0 spiro atoms. The fraction of sp³-hybridized carbons (Fsp3) is 0.500. The van der Waals surface area contributed by atoms with Crippen molar-refractivity contribution in [3.63, 3.8) is 0 Å². The van der Waals surface area contributed by atoms with E-state index in [0.717, 1.165) is 31.5 Å². The van der Waals surface area contributed by atoms with Crippen molar-refractivity contribution in [2.45, 2.75) is 64.1 Å². The van der Waals surface area contributed by atoms with Crippen LogP contribution in [-0.2, 0) is 20.8 Å². The number of carbonyl (C=O) groups is 3. The molecule has 1 fully saturated rings. The molecule has 0 unspecified atom stereocenters. The summed E-state index contributed by atoms with van der Waals surface area (Å²) in [5.74, 6) is -0.0768. The average molecular weight is 507 g/mol. The lowest BCUT2D eigenvalue weighted by atomic mass is 9.90. The number of aromatic nitrogens is 1. The molecule has 2 aliphatic rings. The molecule has 3 atom stereocenters. The van der Waals surface area contributed by atoms with Gasteiger partial charge in [0.1, 0.15) is 17.9 Å². The van der Waals surface area contributed by atoms with Crippen LogP contribution in [0, 0.1) is 5.92 Å². The highest BCUT2D eigenvalue weighted by atomic mass is 16.2. The van der Waals surface area contributed by atoms with E-state index in [1.165, 1.54) is 10.5 Å². The van der Waals surface area contributed by atoms with Gasteiger partial charge in [0.15, 0.2) is 0 Å². The van der Waals surface area contributed by atoms with Crippen molar-refractivity contribution in [3.8, 4) is 0 Å². The number of nitrogens with one attached hydrogen (secondary N) is 4. The lowest BCUT2D eigenvalue weighted by Crippen LogP contribution is -2.57. The van der Waals surface area contributed by atoms with Gasteiger partial charge in [-0.3, -0.25) is 19.3 Å². The fourth-order valence-electron chi connectivity index (χ4n) is 5.01. The second-order valence-electron chi connectivity index (χ2n) is 10.3. The summed E-state index contributed by atoms with van der Waals surface area (Å²) in [6.45, 7) is 7.53. The van der Waals surface area contributed by atoms with Gasteiger partial charge >= 0.3 is 0 Å². The SMILES string of the molecule is CN[C@@H](C)C(=O)N[C@H](C(=O)N1c2ncccc2C[C@H]1C(=O)Nc1ccc(C2CCNCC2)cc1)C(C)C. The Morgan fingerprint density at radius 1 is 1.05 bits per heavy atom. The molecular formula is C28H38N6O3. The summed E-state index contributed by atoms with van der Waals surface area (Å²) in [5, 5.41) is 12.1. The van der Waals surface area contributed by atoms with Crippen molar-refractivity contribution in [2.24, 2.45) is 5.92 Å². The van der Waals surface area contributed by atoms with Crippen molar-refractivity contribution in [2.75, 3.05) is 30.4 Å². The molecule has 9 heteroatoms. The minimum Gasteiger partial charge on any atom is -0.343 e. The minimum atomic E-state index is -0.796. The van der Waals surface area contributed by atoms with E-state index in [2.05, 4.69) is 38.4 Å². The van der Waals surface area contributed by atoms with Crippen LogP contribution in [0.1, 0.15) is 50.7 Å². The highest BCUT2D eigenvalue weighted by Gasteiger charge is 2.43. The number of benzene rings is 1. The number of rotatable bonds is 8. The number of amides is 3. The topological polar surface area (TPSA) is 115 Å². The number of anilines is 2. The van der Waals surface area contributed by atoms with Crippen LogP contribution in [0.2, 0.25) is 0 Å². The molecule has 3 heterocycles. The van der Waals surface area contributed by atoms with Gasteiger partial charge in [0.2, 0.25) is 11.8 Å². The van der Waals surface area contributed by atoms with Crippen molar-refractivity contribution >= 4 is 29.2 Å². The summed E-state index contributed by atoms with van der Waals surface area (Å²) in [4.78, 5) is 45.9. The summed E-state index contributed by atoms with van der Waals surface area (Å²) < 4.78 is 0. The van der Waals surface area contributed by atoms with Crippen LogP contribution in [0.25, 0.3) is 0 Å². The molecule has 3 amide bonds. The molecule has 0 bridgehead atoms. The van der Waals surface area contributed by atoms with Gasteiger partial charge in [-0.2, -0.15) is 0 Å². The van der Waals surface area contributed by atoms with Crippen LogP contribution in [0.5, 0.6) is 0 Å². The molecule has 37 heavy (non-hydrogen) atoms. The Morgan fingerprint density at radius 3 is 2.41 bits per heavy atom. The second-order valence-corrected chi connectivity index (χ2v) is 10.3. The summed E-state index contributed by atoms with van der Waals surface area (Å²) >= 11 is 0. The summed E-state index contributed by atoms with van der Waals surface area (Å²) in [6, 6.07) is 9.69. The molecule has 4 rings (SSSR count). The van der Waals surface area contributed by atoms with Gasteiger partial charge in [-0.15, -0.1) is 0 Å². The number of fused-ring (bicyclic) bond motifs is 1. The summed E-state index contributed by atoms with van der Waals surface area (Å²) in [5.41, 5.74) is 2.80. The highest BCUT2D eigenvalue weighted by molar-refractivity contribution is 6.09. The Hall–Kier alpha value is -3.30. The number of pyridine rings is 1. The number of hydrogen-bond acceptors (Lipinski definition) is 6. The Morgan fingerprint density at radius 2 is 1.76 bits per heavy atom. The van der Waals surface area contributed by atoms with Crippen LogP contribution in [-0.4, -0.2) is 61.0 Å². The summed E-state index contributed by atoms with van der Waals surface area (Å²) in [7, 11) is 1.69.